The van der Waals surface area contributed by atoms with E-state index in [-0.39, 0.29) is 17.0 Å². The second-order valence-corrected chi connectivity index (χ2v) is 9.78. The van der Waals surface area contributed by atoms with Crippen LogP contribution in [0.25, 0.3) is 0 Å². The molecule has 20 heavy (non-hydrogen) atoms. The van der Waals surface area contributed by atoms with Gasteiger partial charge in [-0.25, -0.2) is 0 Å². The van der Waals surface area contributed by atoms with Crippen molar-refractivity contribution in [3.05, 3.63) is 0 Å². The Morgan fingerprint density at radius 1 is 1.20 bits per heavy atom. The Morgan fingerprint density at radius 2 is 1.70 bits per heavy atom. The van der Waals surface area contributed by atoms with Crippen molar-refractivity contribution >= 4 is 17.0 Å². The summed E-state index contributed by atoms with van der Waals surface area (Å²) in [5, 5.41) is 3.50. The van der Waals surface area contributed by atoms with Crippen LogP contribution in [0.4, 0.5) is 0 Å². The Bertz CT molecular complexity index is 322. The molecule has 1 aliphatic rings. The molecule has 0 saturated carbocycles. The minimum Gasteiger partial charge on any atom is -0.616 e. The van der Waals surface area contributed by atoms with Crippen LogP contribution >= 0.6 is 0 Å². The molecule has 1 heterocycles. The van der Waals surface area contributed by atoms with Crippen LogP contribution in [0.5, 0.6) is 0 Å². The summed E-state index contributed by atoms with van der Waals surface area (Å²) in [5.41, 5.74) is -0.385. The molecule has 0 aromatic carbocycles. The fraction of sp³-hybridized carbons (Fsp3) is 0.938. The van der Waals surface area contributed by atoms with Crippen LogP contribution in [-0.4, -0.2) is 33.4 Å². The molecule has 3 nitrogen and oxygen atoms in total. The van der Waals surface area contributed by atoms with Gasteiger partial charge in [0, 0.05) is 11.0 Å². The van der Waals surface area contributed by atoms with E-state index in [0.29, 0.717) is 11.7 Å². The summed E-state index contributed by atoms with van der Waals surface area (Å²) in [6, 6.07) is -0.0912. The van der Waals surface area contributed by atoms with Gasteiger partial charge in [0.15, 0.2) is 5.78 Å². The third-order valence-electron chi connectivity index (χ3n) is 3.74. The number of carbonyl (C=O) groups excluding carboxylic acids is 1. The first-order valence-electron chi connectivity index (χ1n) is 7.66. The van der Waals surface area contributed by atoms with Gasteiger partial charge in [-0.15, -0.1) is 0 Å². The SMILES string of the molecule is CC(C)(C)NC(CC1CC[S+]([O-])CC1)C(=O)C(C)(C)C. The second kappa shape index (κ2) is 6.80. The largest absolute Gasteiger partial charge is 0.616 e. The smallest absolute Gasteiger partial charge is 0.155 e. The van der Waals surface area contributed by atoms with Crippen molar-refractivity contribution in [2.75, 3.05) is 11.5 Å². The van der Waals surface area contributed by atoms with E-state index in [2.05, 4.69) is 26.1 Å². The third-order valence-corrected chi connectivity index (χ3v) is 5.12. The van der Waals surface area contributed by atoms with Crippen molar-refractivity contribution in [3.63, 3.8) is 0 Å². The maximum Gasteiger partial charge on any atom is 0.155 e. The quantitative estimate of drug-likeness (QED) is 0.812. The van der Waals surface area contributed by atoms with Gasteiger partial charge < -0.3 is 9.87 Å². The molecule has 1 rings (SSSR count). The molecule has 0 radical (unpaired) electrons. The van der Waals surface area contributed by atoms with Crippen molar-refractivity contribution in [1.29, 1.82) is 0 Å². The average Bonchev–Trinajstić information content (AvgIpc) is 2.27. The van der Waals surface area contributed by atoms with Gasteiger partial charge in [0.05, 0.1) is 6.04 Å². The molecule has 1 unspecified atom stereocenters. The van der Waals surface area contributed by atoms with Crippen LogP contribution < -0.4 is 5.32 Å². The standard InChI is InChI=1S/C16H31NO2S/c1-15(2,3)14(18)13(17-16(4,5)6)11-12-7-9-20(19)10-8-12/h12-13,17H,7-11H2,1-6H3. The molecule has 0 aromatic rings. The number of carbonyl (C=O) groups is 1. The lowest BCUT2D eigenvalue weighted by atomic mass is 9.81. The fourth-order valence-electron chi connectivity index (χ4n) is 2.69. The highest BCUT2D eigenvalue weighted by atomic mass is 32.2. The van der Waals surface area contributed by atoms with Crippen molar-refractivity contribution in [2.45, 2.75) is 72.4 Å². The lowest BCUT2D eigenvalue weighted by Crippen LogP contribution is -2.51. The van der Waals surface area contributed by atoms with Gasteiger partial charge in [-0.2, -0.15) is 0 Å². The van der Waals surface area contributed by atoms with Gasteiger partial charge in [-0.1, -0.05) is 31.9 Å². The number of rotatable bonds is 4. The van der Waals surface area contributed by atoms with E-state index in [9.17, 15) is 9.35 Å². The summed E-state index contributed by atoms with van der Waals surface area (Å²) < 4.78 is 11.4. The summed E-state index contributed by atoms with van der Waals surface area (Å²) in [6.45, 7) is 12.3. The van der Waals surface area contributed by atoms with E-state index in [0.717, 1.165) is 30.8 Å². The topological polar surface area (TPSA) is 52.2 Å². The van der Waals surface area contributed by atoms with Crippen molar-refractivity contribution in [2.24, 2.45) is 11.3 Å². The van der Waals surface area contributed by atoms with Crippen LogP contribution in [0.15, 0.2) is 0 Å². The summed E-state index contributed by atoms with van der Waals surface area (Å²) >= 11 is -0.628. The van der Waals surface area contributed by atoms with Crippen LogP contribution in [-0.2, 0) is 16.0 Å². The molecular weight excluding hydrogens is 270 g/mol. The summed E-state index contributed by atoms with van der Waals surface area (Å²) in [5.74, 6) is 2.42. The zero-order valence-corrected chi connectivity index (χ0v) is 14.7. The zero-order chi connectivity index (χ0) is 15.6. The first-order chi connectivity index (χ1) is 8.99. The molecule has 1 saturated heterocycles. The second-order valence-electron chi connectivity index (χ2n) is 8.09. The fourth-order valence-corrected chi connectivity index (χ4v) is 4.09. The minimum absolute atomic E-state index is 0.0664. The molecule has 0 amide bonds. The molecule has 118 valence electrons. The molecule has 0 aliphatic carbocycles. The lowest BCUT2D eigenvalue weighted by Gasteiger charge is -2.34. The normalized spacial score (nSPS) is 26.4. The molecule has 0 aromatic heterocycles. The molecule has 1 N–H and O–H groups in total. The summed E-state index contributed by atoms with van der Waals surface area (Å²) in [6.07, 6.45) is 2.86. The van der Waals surface area contributed by atoms with E-state index in [1.807, 2.05) is 20.8 Å². The third kappa shape index (κ3) is 6.15. The average molecular weight is 301 g/mol. The number of ketones is 1. The Morgan fingerprint density at radius 3 is 2.10 bits per heavy atom. The lowest BCUT2D eigenvalue weighted by molar-refractivity contribution is -0.129. The number of Topliss-reactive ketones (excluding diaryl/α,β-unsaturated/α-hetero) is 1. The van der Waals surface area contributed by atoms with Crippen molar-refractivity contribution < 1.29 is 9.35 Å². The van der Waals surface area contributed by atoms with Crippen LogP contribution in [0.1, 0.15) is 60.8 Å². The van der Waals surface area contributed by atoms with E-state index in [4.69, 9.17) is 0 Å². The number of hydrogen-bond donors (Lipinski definition) is 1. The van der Waals surface area contributed by atoms with Crippen molar-refractivity contribution in [3.8, 4) is 0 Å². The predicted molar refractivity (Wildman–Crippen MR) is 86.4 cm³/mol. The monoisotopic (exact) mass is 301 g/mol. The Hall–Kier alpha value is -0.0600. The summed E-state index contributed by atoms with van der Waals surface area (Å²) in [4.78, 5) is 12.7. The molecule has 0 bridgehead atoms. The Balaban J connectivity index is 2.70. The number of hydrogen-bond acceptors (Lipinski definition) is 3. The minimum atomic E-state index is -0.628. The maximum absolute atomic E-state index is 12.7. The van der Waals surface area contributed by atoms with Gasteiger partial charge in [-0.3, -0.25) is 4.79 Å². The molecule has 1 fully saturated rings. The molecular formula is C16H31NO2S. The highest BCUT2D eigenvalue weighted by Crippen LogP contribution is 2.27. The number of nitrogens with one attached hydrogen (secondary N) is 1. The van der Waals surface area contributed by atoms with Gasteiger partial charge in [0.1, 0.15) is 11.5 Å². The molecule has 1 aliphatic heterocycles. The van der Waals surface area contributed by atoms with Gasteiger partial charge in [0.2, 0.25) is 0 Å². The maximum atomic E-state index is 12.7. The van der Waals surface area contributed by atoms with Crippen LogP contribution in [0.2, 0.25) is 0 Å². The summed E-state index contributed by atoms with van der Waals surface area (Å²) in [7, 11) is 0. The van der Waals surface area contributed by atoms with Crippen LogP contribution in [0, 0.1) is 11.3 Å². The van der Waals surface area contributed by atoms with E-state index < -0.39 is 11.2 Å². The predicted octanol–water partition coefficient (Wildman–Crippen LogP) is 2.91. The highest BCUT2D eigenvalue weighted by Gasteiger charge is 2.34. The molecule has 1 atom stereocenters. The first-order valence-corrected chi connectivity index (χ1v) is 9.15. The van der Waals surface area contributed by atoms with Gasteiger partial charge >= 0.3 is 0 Å². The van der Waals surface area contributed by atoms with E-state index in [1.54, 1.807) is 0 Å². The molecule has 0 spiro atoms. The van der Waals surface area contributed by atoms with Crippen LogP contribution in [0.3, 0.4) is 0 Å². The van der Waals surface area contributed by atoms with E-state index in [1.165, 1.54) is 0 Å². The first kappa shape index (κ1) is 18.0. The highest BCUT2D eigenvalue weighted by molar-refractivity contribution is 7.91. The van der Waals surface area contributed by atoms with Gasteiger partial charge in [-0.05, 0) is 46.0 Å². The Kier molecular flexibility index (Phi) is 6.12. The van der Waals surface area contributed by atoms with Crippen molar-refractivity contribution in [1.82, 2.24) is 5.32 Å². The zero-order valence-electron chi connectivity index (χ0n) is 13.9. The molecule has 4 heteroatoms. The van der Waals surface area contributed by atoms with E-state index >= 15 is 0 Å². The Labute approximate surface area is 127 Å². The van der Waals surface area contributed by atoms with Gasteiger partial charge in [0.25, 0.3) is 0 Å².